The number of anilines is 1. The van der Waals surface area contributed by atoms with E-state index in [1.165, 1.54) is 39.8 Å². The topological polar surface area (TPSA) is 110 Å². The predicted octanol–water partition coefficient (Wildman–Crippen LogP) is 3.61. The molecule has 5 rings (SSSR count). The van der Waals surface area contributed by atoms with E-state index in [0.717, 1.165) is 11.1 Å². The zero-order chi connectivity index (χ0) is 24.0. The Morgan fingerprint density at radius 3 is 2.41 bits per heavy atom. The van der Waals surface area contributed by atoms with Gasteiger partial charge in [0.15, 0.2) is 5.65 Å². The molecule has 0 saturated heterocycles. The van der Waals surface area contributed by atoms with Crippen molar-refractivity contribution >= 4 is 22.8 Å². The van der Waals surface area contributed by atoms with E-state index in [4.69, 9.17) is 0 Å². The van der Waals surface area contributed by atoms with Gasteiger partial charge in [-0.15, -0.1) is 0 Å². The smallest absolute Gasteiger partial charge is 0.263 e. The van der Waals surface area contributed by atoms with Gasteiger partial charge in [0, 0.05) is 11.6 Å². The highest BCUT2D eigenvalue weighted by atomic mass is 19.1. The number of carbonyl (C=O) groups is 1. The van der Waals surface area contributed by atoms with Gasteiger partial charge in [0.25, 0.3) is 11.5 Å². The summed E-state index contributed by atoms with van der Waals surface area (Å²) in [5, 5.41) is 11.7. The Kier molecular flexibility index (Phi) is 5.05. The van der Waals surface area contributed by atoms with E-state index in [2.05, 4.69) is 25.5 Å². The molecule has 0 aliphatic carbocycles. The summed E-state index contributed by atoms with van der Waals surface area (Å²) in [4.78, 5) is 32.9. The minimum absolute atomic E-state index is 0.102. The molecule has 0 bridgehead atoms. The first-order valence-corrected chi connectivity index (χ1v) is 10.5. The predicted molar refractivity (Wildman–Crippen MR) is 125 cm³/mol. The van der Waals surface area contributed by atoms with Gasteiger partial charge in [-0.1, -0.05) is 17.2 Å². The second-order valence-corrected chi connectivity index (χ2v) is 8.07. The first-order chi connectivity index (χ1) is 16.3. The van der Waals surface area contributed by atoms with Crippen molar-refractivity contribution in [2.75, 3.05) is 5.32 Å². The lowest BCUT2D eigenvalue weighted by Gasteiger charge is -2.10. The second-order valence-electron chi connectivity index (χ2n) is 8.07. The summed E-state index contributed by atoms with van der Waals surface area (Å²) in [6, 6.07) is 12.9. The van der Waals surface area contributed by atoms with Gasteiger partial charge in [-0.25, -0.2) is 9.07 Å². The molecule has 2 N–H and O–H groups in total. The van der Waals surface area contributed by atoms with Crippen LogP contribution in [0, 0.1) is 26.6 Å². The lowest BCUT2D eigenvalue weighted by Crippen LogP contribution is -2.19. The van der Waals surface area contributed by atoms with E-state index >= 15 is 0 Å². The molecule has 0 spiro atoms. The molecule has 34 heavy (non-hydrogen) atoms. The molecule has 170 valence electrons. The number of amides is 1. The first-order valence-electron chi connectivity index (χ1n) is 10.5. The molecule has 0 unspecified atom stereocenters. The molecule has 0 radical (unpaired) electrons. The highest BCUT2D eigenvalue weighted by Crippen LogP contribution is 2.19. The summed E-state index contributed by atoms with van der Waals surface area (Å²) < 4.78 is 16.2. The summed E-state index contributed by atoms with van der Waals surface area (Å²) in [5.41, 5.74) is 3.46. The monoisotopic (exact) mass is 457 g/mol. The van der Waals surface area contributed by atoms with Gasteiger partial charge >= 0.3 is 0 Å². The SMILES string of the molecule is Cc1cc(C)cc(C(=O)Nc2cc(C)nn2-c2nc3c(cnn3-c3ccc(F)cc3)c(=O)[nH]2)c1. The lowest BCUT2D eigenvalue weighted by molar-refractivity contribution is 0.102. The van der Waals surface area contributed by atoms with Crippen LogP contribution >= 0.6 is 0 Å². The third kappa shape index (κ3) is 3.85. The van der Waals surface area contributed by atoms with Crippen molar-refractivity contribution in [2.24, 2.45) is 0 Å². The summed E-state index contributed by atoms with van der Waals surface area (Å²) >= 11 is 0. The van der Waals surface area contributed by atoms with Crippen LogP contribution in [0.5, 0.6) is 0 Å². The molecule has 9 nitrogen and oxygen atoms in total. The maximum atomic E-state index is 13.4. The number of hydrogen-bond donors (Lipinski definition) is 2. The van der Waals surface area contributed by atoms with Gasteiger partial charge in [-0.2, -0.15) is 19.9 Å². The zero-order valence-electron chi connectivity index (χ0n) is 18.6. The van der Waals surface area contributed by atoms with Crippen molar-refractivity contribution in [2.45, 2.75) is 20.8 Å². The molecule has 10 heteroatoms. The summed E-state index contributed by atoms with van der Waals surface area (Å²) in [7, 11) is 0. The van der Waals surface area contributed by atoms with Crippen LogP contribution in [-0.2, 0) is 0 Å². The van der Waals surface area contributed by atoms with Gasteiger partial charge in [0.2, 0.25) is 5.95 Å². The molecular formula is C24H20FN7O2. The Labute approximate surface area is 192 Å². The van der Waals surface area contributed by atoms with E-state index in [-0.39, 0.29) is 28.7 Å². The fourth-order valence-corrected chi connectivity index (χ4v) is 3.82. The van der Waals surface area contributed by atoms with E-state index in [1.807, 2.05) is 19.9 Å². The number of halogens is 1. The first kappa shape index (κ1) is 21.3. The third-order valence-corrected chi connectivity index (χ3v) is 5.25. The number of nitrogens with one attached hydrogen (secondary N) is 2. The van der Waals surface area contributed by atoms with Crippen LogP contribution in [0.25, 0.3) is 22.7 Å². The quantitative estimate of drug-likeness (QED) is 0.428. The van der Waals surface area contributed by atoms with Gasteiger partial charge in [-0.05, 0) is 57.2 Å². The average Bonchev–Trinajstić information content (AvgIpc) is 3.37. The largest absolute Gasteiger partial charge is 0.306 e. The number of carbonyl (C=O) groups excluding carboxylic acids is 1. The number of H-pyrrole nitrogens is 1. The van der Waals surface area contributed by atoms with Crippen LogP contribution in [0.15, 0.2) is 59.5 Å². The van der Waals surface area contributed by atoms with Crippen molar-refractivity contribution in [3.63, 3.8) is 0 Å². The molecule has 0 aliphatic heterocycles. The van der Waals surface area contributed by atoms with Gasteiger partial charge < -0.3 is 5.32 Å². The van der Waals surface area contributed by atoms with Crippen LogP contribution in [0.2, 0.25) is 0 Å². The molecule has 3 aromatic heterocycles. The summed E-state index contributed by atoms with van der Waals surface area (Å²) in [5.74, 6) is -0.252. The second kappa shape index (κ2) is 8.07. The molecule has 0 fully saturated rings. The Morgan fingerprint density at radius 2 is 1.71 bits per heavy atom. The van der Waals surface area contributed by atoms with Crippen LogP contribution < -0.4 is 10.9 Å². The van der Waals surface area contributed by atoms with Crippen LogP contribution in [0.3, 0.4) is 0 Å². The summed E-state index contributed by atoms with van der Waals surface area (Å²) in [6.45, 7) is 5.61. The Hall–Kier alpha value is -4.60. The van der Waals surface area contributed by atoms with Gasteiger partial charge in [0.05, 0.1) is 17.6 Å². The normalized spacial score (nSPS) is 11.2. The highest BCUT2D eigenvalue weighted by molar-refractivity contribution is 6.04. The lowest BCUT2D eigenvalue weighted by atomic mass is 10.1. The number of aromatic amines is 1. The third-order valence-electron chi connectivity index (χ3n) is 5.25. The minimum Gasteiger partial charge on any atom is -0.306 e. The molecule has 0 atom stereocenters. The minimum atomic E-state index is -0.423. The average molecular weight is 457 g/mol. The molecule has 1 amide bonds. The molecule has 2 aromatic carbocycles. The van der Waals surface area contributed by atoms with Gasteiger partial charge in [-0.3, -0.25) is 14.6 Å². The Morgan fingerprint density at radius 1 is 1.00 bits per heavy atom. The molecule has 3 heterocycles. The standard InChI is InChI=1S/C24H20FN7O2/c1-13-8-14(2)10-16(9-13)22(33)27-20-11-15(3)30-32(20)24-28-21-19(23(34)29-24)12-26-31(21)18-6-4-17(25)5-7-18/h4-12H,1-3H3,(H,27,33)(H,28,29,34). The number of nitrogens with zero attached hydrogens (tertiary/aromatic N) is 5. The maximum Gasteiger partial charge on any atom is 0.263 e. The van der Waals surface area contributed by atoms with Gasteiger partial charge in [0.1, 0.15) is 17.0 Å². The highest BCUT2D eigenvalue weighted by Gasteiger charge is 2.18. The van der Waals surface area contributed by atoms with Crippen LogP contribution in [0.1, 0.15) is 27.2 Å². The molecule has 0 saturated carbocycles. The fraction of sp³-hybridized carbons (Fsp3) is 0.125. The van der Waals surface area contributed by atoms with Crippen molar-refractivity contribution in [3.05, 3.63) is 93.3 Å². The number of benzene rings is 2. The Bertz CT molecular complexity index is 1590. The van der Waals surface area contributed by atoms with Crippen LogP contribution in [-0.4, -0.2) is 35.4 Å². The number of hydrogen-bond acceptors (Lipinski definition) is 5. The number of aromatic nitrogens is 6. The summed E-state index contributed by atoms with van der Waals surface area (Å²) in [6.07, 6.45) is 1.39. The van der Waals surface area contributed by atoms with Crippen molar-refractivity contribution in [1.29, 1.82) is 0 Å². The molecular weight excluding hydrogens is 437 g/mol. The van der Waals surface area contributed by atoms with E-state index in [1.54, 1.807) is 25.1 Å². The molecule has 0 aliphatic rings. The van der Waals surface area contributed by atoms with E-state index in [0.29, 0.717) is 22.8 Å². The molecule has 5 aromatic rings. The fourth-order valence-electron chi connectivity index (χ4n) is 3.82. The Balaban J connectivity index is 1.58. The van der Waals surface area contributed by atoms with E-state index in [9.17, 15) is 14.0 Å². The van der Waals surface area contributed by atoms with E-state index < -0.39 is 5.56 Å². The van der Waals surface area contributed by atoms with Crippen molar-refractivity contribution in [1.82, 2.24) is 29.5 Å². The number of rotatable bonds is 4. The van der Waals surface area contributed by atoms with Crippen molar-refractivity contribution < 1.29 is 9.18 Å². The maximum absolute atomic E-state index is 13.4. The number of fused-ring (bicyclic) bond motifs is 1. The van der Waals surface area contributed by atoms with Crippen LogP contribution in [0.4, 0.5) is 10.2 Å². The zero-order valence-corrected chi connectivity index (χ0v) is 18.6. The van der Waals surface area contributed by atoms with Crippen molar-refractivity contribution in [3.8, 4) is 11.6 Å². The number of aryl methyl sites for hydroxylation is 3.